The van der Waals surface area contributed by atoms with E-state index in [1.54, 1.807) is 19.1 Å². The lowest BCUT2D eigenvalue weighted by Gasteiger charge is -2.07. The third-order valence-corrected chi connectivity index (χ3v) is 4.03. The summed E-state index contributed by atoms with van der Waals surface area (Å²) in [4.78, 5) is -0.0503. The molecule has 0 radical (unpaired) electrons. The minimum absolute atomic E-state index is 0.0503. The molecule has 1 aromatic rings. The maximum absolute atomic E-state index is 11.7. The zero-order valence-corrected chi connectivity index (χ0v) is 9.53. The topological polar surface area (TPSA) is 74.6 Å². The van der Waals surface area contributed by atoms with E-state index < -0.39 is 15.9 Å². The number of hydrogen-bond acceptors (Lipinski definition) is 4. The number of aromatic hydroxyl groups is 1. The number of hydrogen-bond donors (Lipinski definition) is 2. The summed E-state index contributed by atoms with van der Waals surface area (Å²) < 4.78 is 23.5. The van der Waals surface area contributed by atoms with Crippen LogP contribution in [0.5, 0.6) is 5.75 Å². The second-order valence-corrected chi connectivity index (χ2v) is 5.63. The minimum atomic E-state index is -3.55. The second-order valence-electron chi connectivity index (χ2n) is 3.90. The highest BCUT2D eigenvalue weighted by molar-refractivity contribution is 7.95. The summed E-state index contributed by atoms with van der Waals surface area (Å²) in [5.41, 5.74) is 1.03. The Bertz CT molecular complexity index is 555. The van der Waals surface area contributed by atoms with Gasteiger partial charge in [-0.3, -0.25) is 0 Å². The van der Waals surface area contributed by atoms with Crippen LogP contribution in [-0.4, -0.2) is 24.7 Å². The number of aliphatic hydroxyl groups excluding tert-OH is 1. The second kappa shape index (κ2) is 3.61. The molecule has 0 aromatic heterocycles. The van der Waals surface area contributed by atoms with Crippen molar-refractivity contribution >= 4 is 15.4 Å². The normalized spacial score (nSPS) is 19.0. The van der Waals surface area contributed by atoms with E-state index in [1.165, 1.54) is 6.07 Å². The van der Waals surface area contributed by atoms with Crippen molar-refractivity contribution in [3.8, 4) is 5.75 Å². The highest BCUT2D eigenvalue weighted by Crippen LogP contribution is 2.40. The van der Waals surface area contributed by atoms with Gasteiger partial charge in [-0.1, -0.05) is 12.1 Å². The highest BCUT2D eigenvalue weighted by atomic mass is 32.2. The highest BCUT2D eigenvalue weighted by Gasteiger charge is 2.30. The molecule has 0 saturated heterocycles. The summed E-state index contributed by atoms with van der Waals surface area (Å²) >= 11 is 0. The van der Waals surface area contributed by atoms with Crippen LogP contribution < -0.4 is 0 Å². The van der Waals surface area contributed by atoms with Gasteiger partial charge in [-0.15, -0.1) is 0 Å². The molecule has 5 heteroatoms. The molecule has 4 nitrogen and oxygen atoms in total. The van der Waals surface area contributed by atoms with Gasteiger partial charge >= 0.3 is 0 Å². The van der Waals surface area contributed by atoms with Gasteiger partial charge in [0.25, 0.3) is 0 Å². The Morgan fingerprint density at radius 1 is 1.38 bits per heavy atom. The van der Waals surface area contributed by atoms with E-state index >= 15 is 0 Å². The fraction of sp³-hybridized carbons (Fsp3) is 0.273. The van der Waals surface area contributed by atoms with Crippen molar-refractivity contribution in [2.24, 2.45) is 0 Å². The van der Waals surface area contributed by atoms with Gasteiger partial charge in [-0.2, -0.15) is 0 Å². The fourth-order valence-corrected chi connectivity index (χ4v) is 3.44. The number of phenolic OH excluding ortho intramolecular Hbond substituents is 1. The van der Waals surface area contributed by atoms with Crippen LogP contribution in [0.15, 0.2) is 28.5 Å². The molecule has 2 N–H and O–H groups in total. The molecule has 0 saturated carbocycles. The van der Waals surface area contributed by atoms with Gasteiger partial charge in [-0.25, -0.2) is 8.42 Å². The average molecular weight is 240 g/mol. The van der Waals surface area contributed by atoms with Gasteiger partial charge < -0.3 is 10.2 Å². The standard InChI is InChI=1S/C11H12O4S/c1-7(12)5-8-6-16(14,15)11-9(8)3-2-4-10(11)13/h2-4,6-7,12-13H,5H2,1H3. The molecular formula is C11H12O4S. The smallest absolute Gasteiger partial charge is 0.204 e. The van der Waals surface area contributed by atoms with Crippen molar-refractivity contribution in [3.05, 3.63) is 29.2 Å². The van der Waals surface area contributed by atoms with Crippen molar-refractivity contribution in [1.82, 2.24) is 0 Å². The lowest BCUT2D eigenvalue weighted by atomic mass is 10.0. The fourth-order valence-electron chi connectivity index (χ4n) is 1.86. The van der Waals surface area contributed by atoms with Crippen LogP contribution in [0.4, 0.5) is 0 Å². The molecule has 2 rings (SSSR count). The lowest BCUT2D eigenvalue weighted by Crippen LogP contribution is -1.99. The SMILES string of the molecule is CC(O)CC1=CS(=O)(=O)c2c(O)cccc21. The Morgan fingerprint density at radius 3 is 2.69 bits per heavy atom. The third kappa shape index (κ3) is 1.72. The monoisotopic (exact) mass is 240 g/mol. The molecule has 0 amide bonds. The first kappa shape index (κ1) is 11.2. The largest absolute Gasteiger partial charge is 0.507 e. The van der Waals surface area contributed by atoms with Gasteiger partial charge in [0.2, 0.25) is 9.84 Å². The molecule has 1 atom stereocenters. The summed E-state index contributed by atoms with van der Waals surface area (Å²) in [6, 6.07) is 4.56. The first-order valence-electron chi connectivity index (χ1n) is 4.88. The van der Waals surface area contributed by atoms with Gasteiger partial charge in [0.15, 0.2) is 0 Å². The molecule has 1 unspecified atom stereocenters. The number of sulfone groups is 1. The van der Waals surface area contributed by atoms with Crippen LogP contribution in [0.1, 0.15) is 18.9 Å². The summed E-state index contributed by atoms with van der Waals surface area (Å²) in [6.07, 6.45) is -0.356. The predicted molar refractivity (Wildman–Crippen MR) is 59.6 cm³/mol. The molecule has 1 aliphatic rings. The number of benzene rings is 1. The van der Waals surface area contributed by atoms with Crippen LogP contribution in [-0.2, 0) is 9.84 Å². The zero-order chi connectivity index (χ0) is 11.9. The molecule has 1 heterocycles. The molecule has 86 valence electrons. The summed E-state index contributed by atoms with van der Waals surface area (Å²) in [6.45, 7) is 1.59. The number of fused-ring (bicyclic) bond motifs is 1. The minimum Gasteiger partial charge on any atom is -0.507 e. The summed E-state index contributed by atoms with van der Waals surface area (Å²) in [5, 5.41) is 19.9. The first-order valence-corrected chi connectivity index (χ1v) is 6.42. The molecule has 1 aromatic carbocycles. The van der Waals surface area contributed by atoms with Crippen molar-refractivity contribution in [2.75, 3.05) is 0 Å². The molecule has 1 aliphatic heterocycles. The summed E-state index contributed by atoms with van der Waals surface area (Å²) in [7, 11) is -3.55. The van der Waals surface area contributed by atoms with Crippen LogP contribution >= 0.6 is 0 Å². The molecule has 0 aliphatic carbocycles. The average Bonchev–Trinajstić information content (AvgIpc) is 2.38. The van der Waals surface area contributed by atoms with E-state index in [0.29, 0.717) is 11.1 Å². The first-order chi connectivity index (χ1) is 7.42. The van der Waals surface area contributed by atoms with Crippen LogP contribution in [0.25, 0.3) is 5.57 Å². The Balaban J connectivity index is 2.61. The Kier molecular flexibility index (Phi) is 2.52. The summed E-state index contributed by atoms with van der Waals surface area (Å²) in [5.74, 6) is -0.241. The van der Waals surface area contributed by atoms with E-state index in [4.69, 9.17) is 0 Å². The van der Waals surface area contributed by atoms with E-state index in [9.17, 15) is 18.6 Å². The molecular weight excluding hydrogens is 228 g/mol. The van der Waals surface area contributed by atoms with E-state index in [-0.39, 0.29) is 17.1 Å². The van der Waals surface area contributed by atoms with Crippen molar-refractivity contribution in [2.45, 2.75) is 24.3 Å². The van der Waals surface area contributed by atoms with Gasteiger partial charge in [0, 0.05) is 11.0 Å². The van der Waals surface area contributed by atoms with Crippen LogP contribution in [0.2, 0.25) is 0 Å². The number of phenols is 1. The molecule has 0 spiro atoms. The Morgan fingerprint density at radius 2 is 2.06 bits per heavy atom. The number of aliphatic hydroxyl groups is 1. The molecule has 0 fully saturated rings. The van der Waals surface area contributed by atoms with E-state index in [2.05, 4.69) is 0 Å². The lowest BCUT2D eigenvalue weighted by molar-refractivity contribution is 0.201. The molecule has 16 heavy (non-hydrogen) atoms. The molecule has 0 bridgehead atoms. The van der Waals surface area contributed by atoms with E-state index in [1.807, 2.05) is 0 Å². The van der Waals surface area contributed by atoms with E-state index in [0.717, 1.165) is 5.41 Å². The maximum Gasteiger partial charge on any atom is 0.204 e. The van der Waals surface area contributed by atoms with Gasteiger partial charge in [-0.05, 0) is 25.0 Å². The van der Waals surface area contributed by atoms with Crippen molar-refractivity contribution in [3.63, 3.8) is 0 Å². The van der Waals surface area contributed by atoms with Gasteiger partial charge in [0.1, 0.15) is 10.6 Å². The van der Waals surface area contributed by atoms with Crippen LogP contribution in [0, 0.1) is 0 Å². The maximum atomic E-state index is 11.7. The van der Waals surface area contributed by atoms with Crippen molar-refractivity contribution in [1.29, 1.82) is 0 Å². The Labute approximate surface area is 93.8 Å². The van der Waals surface area contributed by atoms with Crippen molar-refractivity contribution < 1.29 is 18.6 Å². The predicted octanol–water partition coefficient (Wildman–Crippen LogP) is 1.29. The third-order valence-electron chi connectivity index (χ3n) is 2.44. The van der Waals surface area contributed by atoms with Gasteiger partial charge in [0.05, 0.1) is 6.10 Å². The zero-order valence-electron chi connectivity index (χ0n) is 8.71. The van der Waals surface area contributed by atoms with Crippen LogP contribution in [0.3, 0.4) is 0 Å². The number of rotatable bonds is 2. The Hall–Kier alpha value is -1.33. The quantitative estimate of drug-likeness (QED) is 0.817.